The minimum absolute atomic E-state index is 0.102. The van der Waals surface area contributed by atoms with Crippen molar-refractivity contribution in [2.75, 3.05) is 13.2 Å². The highest BCUT2D eigenvalue weighted by molar-refractivity contribution is 6.78. The summed E-state index contributed by atoms with van der Waals surface area (Å²) in [6.45, 7) is 16.0. The minimum atomic E-state index is -1.82. The molecule has 0 unspecified atom stereocenters. The Labute approximate surface area is 147 Å². The molecule has 1 atom stereocenters. The number of carbonyl (C=O) groups excluding carboxylic acids is 1. The predicted molar refractivity (Wildman–Crippen MR) is 97.7 cm³/mol. The van der Waals surface area contributed by atoms with E-state index in [1.807, 2.05) is 27.7 Å². The molecule has 0 aromatic carbocycles. The molecule has 138 valence electrons. The maximum atomic E-state index is 12.9. The van der Waals surface area contributed by atoms with Gasteiger partial charge in [-0.05, 0) is 34.1 Å². The lowest BCUT2D eigenvalue weighted by molar-refractivity contribution is -0.131. The van der Waals surface area contributed by atoms with Gasteiger partial charge in [0.15, 0.2) is 5.79 Å². The van der Waals surface area contributed by atoms with E-state index in [0.717, 1.165) is 18.4 Å². The first-order valence-electron chi connectivity index (χ1n) is 9.06. The average molecular weight is 356 g/mol. The van der Waals surface area contributed by atoms with Gasteiger partial charge in [0, 0.05) is 24.1 Å². The largest absolute Gasteiger partial charge is 0.445 e. The number of hydrogen-bond acceptors (Lipinski definition) is 4. The lowest BCUT2D eigenvalue weighted by Gasteiger charge is -2.39. The molecular formula is C18H33NO4Si. The number of rotatable bonds is 5. The fraction of sp³-hybridized carbons (Fsp3) is 0.833. The zero-order valence-corrected chi connectivity index (χ0v) is 17.2. The van der Waals surface area contributed by atoms with Gasteiger partial charge in [-0.15, -0.1) is 0 Å². The highest BCUT2D eigenvalue weighted by Crippen LogP contribution is 2.42. The molecule has 1 aliphatic carbocycles. The van der Waals surface area contributed by atoms with E-state index >= 15 is 0 Å². The van der Waals surface area contributed by atoms with E-state index in [1.54, 1.807) is 4.90 Å². The molecule has 1 saturated heterocycles. The first-order chi connectivity index (χ1) is 11.1. The normalized spacial score (nSPS) is 21.5. The molecule has 0 aromatic heterocycles. The first kappa shape index (κ1) is 19.5. The molecule has 0 saturated carbocycles. The molecule has 1 aliphatic heterocycles. The Kier molecular flexibility index (Phi) is 5.82. The van der Waals surface area contributed by atoms with Crippen LogP contribution in [-0.2, 0) is 14.2 Å². The van der Waals surface area contributed by atoms with Crippen molar-refractivity contribution in [3.8, 4) is 0 Å². The average Bonchev–Trinajstić information content (AvgIpc) is 3.05. The molecule has 5 nitrogen and oxygen atoms in total. The molecule has 0 N–H and O–H groups in total. The summed E-state index contributed by atoms with van der Waals surface area (Å²) >= 11 is 0. The van der Waals surface area contributed by atoms with Crippen molar-refractivity contribution in [3.05, 3.63) is 11.6 Å². The van der Waals surface area contributed by atoms with Crippen LogP contribution >= 0.6 is 0 Å². The maximum absolute atomic E-state index is 12.9. The van der Waals surface area contributed by atoms with Gasteiger partial charge < -0.3 is 19.1 Å². The van der Waals surface area contributed by atoms with Crippen molar-refractivity contribution < 1.29 is 19.0 Å². The van der Waals surface area contributed by atoms with Crippen LogP contribution in [0.2, 0.25) is 19.6 Å². The Balaban J connectivity index is 2.26. The van der Waals surface area contributed by atoms with Crippen LogP contribution < -0.4 is 0 Å². The minimum Gasteiger partial charge on any atom is -0.445 e. The van der Waals surface area contributed by atoms with Crippen molar-refractivity contribution in [2.24, 2.45) is 0 Å². The topological polar surface area (TPSA) is 48.0 Å². The molecular weight excluding hydrogens is 322 g/mol. The number of nitrogens with zero attached hydrogens (tertiary/aromatic N) is 1. The SMILES string of the molecule is CC(C)N(C(=O)O[C@@H](C1=CCCC12OCCO2)[Si](C)(C)C)C(C)C. The summed E-state index contributed by atoms with van der Waals surface area (Å²) in [4.78, 5) is 14.7. The molecule has 24 heavy (non-hydrogen) atoms. The monoisotopic (exact) mass is 355 g/mol. The Hall–Kier alpha value is -0.853. The predicted octanol–water partition coefficient (Wildman–Crippen LogP) is 3.95. The second-order valence-corrected chi connectivity index (χ2v) is 13.6. The van der Waals surface area contributed by atoms with Gasteiger partial charge in [0.05, 0.1) is 21.3 Å². The van der Waals surface area contributed by atoms with E-state index in [1.165, 1.54) is 0 Å². The fourth-order valence-electron chi connectivity index (χ4n) is 3.68. The molecule has 0 aromatic rings. The van der Waals surface area contributed by atoms with Crippen molar-refractivity contribution in [1.29, 1.82) is 0 Å². The van der Waals surface area contributed by atoms with Gasteiger partial charge in [0.1, 0.15) is 5.73 Å². The summed E-state index contributed by atoms with van der Waals surface area (Å²) in [5, 5.41) is 0. The van der Waals surface area contributed by atoms with Gasteiger partial charge >= 0.3 is 6.09 Å². The Bertz CT molecular complexity index is 482. The molecule has 6 heteroatoms. The van der Waals surface area contributed by atoms with Crippen LogP contribution in [0.3, 0.4) is 0 Å². The summed E-state index contributed by atoms with van der Waals surface area (Å²) in [5.41, 5.74) is 0.797. The van der Waals surface area contributed by atoms with Crippen molar-refractivity contribution in [1.82, 2.24) is 4.90 Å². The highest BCUT2D eigenvalue weighted by Gasteiger charge is 2.50. The van der Waals surface area contributed by atoms with Crippen LogP contribution in [0.25, 0.3) is 0 Å². The third kappa shape index (κ3) is 3.86. The standard InChI is InChI=1S/C18H33NO4Si/c1-13(2)19(14(3)4)17(20)23-16(24(5,6)7)15-9-8-10-18(15)21-11-12-22-18/h9,13-14,16H,8,10-12H2,1-7H3/t16-/m1/s1. The summed E-state index contributed by atoms with van der Waals surface area (Å²) in [6.07, 6.45) is 3.65. The fourth-order valence-corrected chi connectivity index (χ4v) is 5.40. The lowest BCUT2D eigenvalue weighted by atomic mass is 10.1. The second-order valence-electron chi connectivity index (χ2n) is 8.37. The molecule has 2 aliphatic rings. The number of ether oxygens (including phenoxy) is 3. The third-order valence-electron chi connectivity index (χ3n) is 4.64. The zero-order chi connectivity index (χ0) is 18.1. The van der Waals surface area contributed by atoms with E-state index in [2.05, 4.69) is 25.7 Å². The van der Waals surface area contributed by atoms with Gasteiger partial charge in [0.2, 0.25) is 0 Å². The molecule has 1 spiro atoms. The Morgan fingerprint density at radius 3 is 2.17 bits per heavy atom. The van der Waals surface area contributed by atoms with Gasteiger partial charge in [-0.2, -0.15) is 0 Å². The van der Waals surface area contributed by atoms with Crippen molar-refractivity contribution in [3.63, 3.8) is 0 Å². The maximum Gasteiger partial charge on any atom is 0.410 e. The van der Waals surface area contributed by atoms with Gasteiger partial charge in [-0.3, -0.25) is 0 Å². The van der Waals surface area contributed by atoms with Crippen LogP contribution in [-0.4, -0.2) is 55.9 Å². The first-order valence-corrected chi connectivity index (χ1v) is 12.6. The highest BCUT2D eigenvalue weighted by atomic mass is 28.3. The number of amides is 1. The van der Waals surface area contributed by atoms with Crippen LogP contribution in [0.1, 0.15) is 40.5 Å². The van der Waals surface area contributed by atoms with Gasteiger partial charge in [-0.1, -0.05) is 25.7 Å². The van der Waals surface area contributed by atoms with Crippen LogP contribution in [0.4, 0.5) is 4.79 Å². The summed E-state index contributed by atoms with van der Waals surface area (Å²) in [6, 6.07) is 0.204. The number of allylic oxidation sites excluding steroid dienone is 1. The third-order valence-corrected chi connectivity index (χ3v) is 6.64. The molecule has 0 bridgehead atoms. The molecule has 2 rings (SSSR count). The Morgan fingerprint density at radius 1 is 1.17 bits per heavy atom. The Morgan fingerprint density at radius 2 is 1.71 bits per heavy atom. The van der Waals surface area contributed by atoms with Crippen LogP contribution in [0.5, 0.6) is 0 Å². The van der Waals surface area contributed by atoms with Gasteiger partial charge in [-0.25, -0.2) is 4.79 Å². The second kappa shape index (κ2) is 7.18. The summed E-state index contributed by atoms with van der Waals surface area (Å²) in [7, 11) is -1.82. The van der Waals surface area contributed by atoms with E-state index in [-0.39, 0.29) is 23.9 Å². The smallest absolute Gasteiger partial charge is 0.410 e. The zero-order valence-electron chi connectivity index (χ0n) is 16.2. The number of hydrogen-bond donors (Lipinski definition) is 0. The molecule has 1 amide bonds. The lowest BCUT2D eigenvalue weighted by Crippen LogP contribution is -2.52. The number of carbonyl (C=O) groups is 1. The molecule has 0 radical (unpaired) electrons. The summed E-state index contributed by atoms with van der Waals surface area (Å²) < 4.78 is 18.0. The van der Waals surface area contributed by atoms with Crippen molar-refractivity contribution in [2.45, 2.75) is 83.8 Å². The summed E-state index contributed by atoms with van der Waals surface area (Å²) in [5.74, 6) is -0.661. The quantitative estimate of drug-likeness (QED) is 0.553. The van der Waals surface area contributed by atoms with E-state index in [0.29, 0.717) is 13.2 Å². The molecule has 1 fully saturated rings. The van der Waals surface area contributed by atoms with Crippen LogP contribution in [0.15, 0.2) is 11.6 Å². The van der Waals surface area contributed by atoms with Gasteiger partial charge in [0.25, 0.3) is 0 Å². The molecule has 1 heterocycles. The van der Waals surface area contributed by atoms with E-state index in [9.17, 15) is 4.79 Å². The van der Waals surface area contributed by atoms with Crippen molar-refractivity contribution >= 4 is 14.2 Å². The van der Waals surface area contributed by atoms with Crippen LogP contribution in [0, 0.1) is 0 Å². The van der Waals surface area contributed by atoms with E-state index in [4.69, 9.17) is 14.2 Å². The van der Waals surface area contributed by atoms with E-state index < -0.39 is 13.9 Å².